The predicted octanol–water partition coefficient (Wildman–Crippen LogP) is 5.74. The van der Waals surface area contributed by atoms with Crippen LogP contribution in [0, 0.1) is 13.8 Å². The highest BCUT2D eigenvalue weighted by Gasteiger charge is 2.44. The molecular weight excluding hydrogens is 428 g/mol. The van der Waals surface area contributed by atoms with E-state index in [0.717, 1.165) is 34.5 Å². The summed E-state index contributed by atoms with van der Waals surface area (Å²) in [4.78, 5) is 12.2. The fourth-order valence-corrected chi connectivity index (χ4v) is 6.01. The number of fused-ring (bicyclic) bond motifs is 1. The van der Waals surface area contributed by atoms with Crippen molar-refractivity contribution in [2.24, 2.45) is 4.99 Å². The third-order valence-corrected chi connectivity index (χ3v) is 7.39. The number of hydrogen-bond donors (Lipinski definition) is 0. The standard InChI is InChI=1S/C24H25ClN4OS/c1-14-11-18(16(3)29(14)20-12-17(25)8-9-21(20)30-4)23-22(19-7-5-6-10-26-19)27-24-28(23)13-15(2)31-24/h5-12,15,22-23H,13H2,1-4H3. The van der Waals surface area contributed by atoms with Gasteiger partial charge in [-0.2, -0.15) is 0 Å². The molecule has 2 aliphatic heterocycles. The number of halogens is 1. The van der Waals surface area contributed by atoms with E-state index in [4.69, 9.17) is 21.3 Å². The minimum absolute atomic E-state index is 0.0218. The lowest BCUT2D eigenvalue weighted by molar-refractivity contribution is 0.320. The Morgan fingerprint density at radius 1 is 1.16 bits per heavy atom. The zero-order valence-corrected chi connectivity index (χ0v) is 19.6. The normalized spacial score (nSPS) is 22.5. The molecule has 0 amide bonds. The van der Waals surface area contributed by atoms with Gasteiger partial charge in [-0.15, -0.1) is 0 Å². The maximum absolute atomic E-state index is 6.35. The van der Waals surface area contributed by atoms with Crippen LogP contribution in [-0.4, -0.2) is 38.5 Å². The number of aromatic nitrogens is 2. The number of pyridine rings is 1. The number of methoxy groups -OCH3 is 1. The molecule has 5 rings (SSSR count). The van der Waals surface area contributed by atoms with Crippen LogP contribution in [-0.2, 0) is 0 Å². The van der Waals surface area contributed by atoms with Gasteiger partial charge in [0.2, 0.25) is 0 Å². The largest absolute Gasteiger partial charge is 0.495 e. The molecule has 1 aromatic carbocycles. The molecule has 2 aromatic heterocycles. The zero-order chi connectivity index (χ0) is 21.7. The Hall–Kier alpha value is -2.44. The number of aliphatic imine (C=N–C) groups is 1. The van der Waals surface area contributed by atoms with E-state index in [9.17, 15) is 0 Å². The summed E-state index contributed by atoms with van der Waals surface area (Å²) in [6, 6.07) is 14.2. The first-order valence-corrected chi connectivity index (χ1v) is 11.7. The van der Waals surface area contributed by atoms with Crippen molar-refractivity contribution in [3.05, 3.63) is 76.3 Å². The van der Waals surface area contributed by atoms with Gasteiger partial charge in [0.15, 0.2) is 5.17 Å². The Kier molecular flexibility index (Phi) is 5.22. The molecule has 3 unspecified atom stereocenters. The average Bonchev–Trinajstić information content (AvgIpc) is 3.38. The topological polar surface area (TPSA) is 42.6 Å². The van der Waals surface area contributed by atoms with Crippen LogP contribution in [0.3, 0.4) is 0 Å². The van der Waals surface area contributed by atoms with Crippen molar-refractivity contribution in [3.8, 4) is 11.4 Å². The van der Waals surface area contributed by atoms with Gasteiger partial charge in [0.05, 0.1) is 24.5 Å². The Morgan fingerprint density at radius 3 is 2.74 bits per heavy atom. The molecular formula is C24H25ClN4OS. The molecule has 0 radical (unpaired) electrons. The molecule has 3 atom stereocenters. The highest BCUT2D eigenvalue weighted by Crippen LogP contribution is 2.49. The first-order valence-electron chi connectivity index (χ1n) is 10.4. The molecule has 2 aliphatic rings. The minimum Gasteiger partial charge on any atom is -0.495 e. The van der Waals surface area contributed by atoms with Gasteiger partial charge in [-0.3, -0.25) is 9.98 Å². The van der Waals surface area contributed by atoms with E-state index in [2.05, 4.69) is 47.4 Å². The number of thioether (sulfide) groups is 1. The van der Waals surface area contributed by atoms with Gasteiger partial charge in [0.25, 0.3) is 0 Å². The molecule has 0 N–H and O–H groups in total. The van der Waals surface area contributed by atoms with E-state index >= 15 is 0 Å². The quantitative estimate of drug-likeness (QED) is 0.506. The first kappa shape index (κ1) is 20.5. The summed E-state index contributed by atoms with van der Waals surface area (Å²) in [6.45, 7) is 7.55. The molecule has 160 valence electrons. The third-order valence-electron chi connectivity index (χ3n) is 6.05. The van der Waals surface area contributed by atoms with Gasteiger partial charge in [-0.1, -0.05) is 36.4 Å². The maximum atomic E-state index is 6.35. The van der Waals surface area contributed by atoms with Crippen LogP contribution in [0.2, 0.25) is 5.02 Å². The number of nitrogens with zero attached hydrogens (tertiary/aromatic N) is 4. The van der Waals surface area contributed by atoms with Crippen molar-refractivity contribution in [1.82, 2.24) is 14.5 Å². The number of rotatable bonds is 4. The molecule has 4 heterocycles. The van der Waals surface area contributed by atoms with E-state index in [1.165, 1.54) is 11.3 Å². The van der Waals surface area contributed by atoms with Crippen molar-refractivity contribution in [2.45, 2.75) is 38.1 Å². The van der Waals surface area contributed by atoms with E-state index in [-0.39, 0.29) is 12.1 Å². The average molecular weight is 453 g/mol. The highest BCUT2D eigenvalue weighted by molar-refractivity contribution is 8.14. The van der Waals surface area contributed by atoms with E-state index < -0.39 is 0 Å². The number of ether oxygens (including phenoxy) is 1. The van der Waals surface area contributed by atoms with Crippen LogP contribution in [0.4, 0.5) is 0 Å². The Labute approximate surface area is 192 Å². The zero-order valence-electron chi connectivity index (χ0n) is 18.0. The summed E-state index contributed by atoms with van der Waals surface area (Å²) < 4.78 is 7.88. The van der Waals surface area contributed by atoms with Crippen molar-refractivity contribution in [3.63, 3.8) is 0 Å². The second kappa shape index (κ2) is 7.92. The van der Waals surface area contributed by atoms with Gasteiger partial charge >= 0.3 is 0 Å². The van der Waals surface area contributed by atoms with Gasteiger partial charge in [0, 0.05) is 34.4 Å². The lowest BCUT2D eigenvalue weighted by atomic mass is 9.96. The molecule has 0 bridgehead atoms. The monoisotopic (exact) mass is 452 g/mol. The predicted molar refractivity (Wildman–Crippen MR) is 128 cm³/mol. The van der Waals surface area contributed by atoms with E-state index in [1.54, 1.807) is 7.11 Å². The number of amidine groups is 1. The maximum Gasteiger partial charge on any atom is 0.160 e. The summed E-state index contributed by atoms with van der Waals surface area (Å²) in [5, 5.41) is 2.34. The SMILES string of the molecule is COc1ccc(Cl)cc1-n1c(C)cc(C2C(c3ccccn3)N=C3SC(C)CN32)c1C. The first-order chi connectivity index (χ1) is 15.0. The Bertz CT molecular complexity index is 1160. The van der Waals surface area contributed by atoms with Crippen LogP contribution in [0.25, 0.3) is 5.69 Å². The third kappa shape index (κ3) is 3.42. The lowest BCUT2D eigenvalue weighted by Gasteiger charge is -2.27. The molecule has 31 heavy (non-hydrogen) atoms. The minimum atomic E-state index is -0.0218. The van der Waals surface area contributed by atoms with Gasteiger partial charge in [0.1, 0.15) is 11.8 Å². The summed E-state index contributed by atoms with van der Waals surface area (Å²) in [7, 11) is 1.69. The molecule has 7 heteroatoms. The fourth-order valence-electron chi connectivity index (χ4n) is 4.75. The molecule has 1 saturated heterocycles. The van der Waals surface area contributed by atoms with Crippen LogP contribution in [0.1, 0.15) is 41.7 Å². The molecule has 0 aliphatic carbocycles. The van der Waals surface area contributed by atoms with Crippen LogP contribution < -0.4 is 4.74 Å². The van der Waals surface area contributed by atoms with E-state index in [0.29, 0.717) is 10.3 Å². The number of aryl methyl sites for hydroxylation is 1. The molecule has 0 spiro atoms. The summed E-state index contributed by atoms with van der Waals surface area (Å²) in [6.07, 6.45) is 1.85. The molecule has 3 aromatic rings. The Balaban J connectivity index is 1.65. The molecule has 5 nitrogen and oxygen atoms in total. The Morgan fingerprint density at radius 2 is 2.00 bits per heavy atom. The fraction of sp³-hybridized carbons (Fsp3) is 0.333. The van der Waals surface area contributed by atoms with Crippen LogP contribution in [0.5, 0.6) is 5.75 Å². The number of hydrogen-bond acceptors (Lipinski definition) is 5. The van der Waals surface area contributed by atoms with Gasteiger partial charge in [-0.25, -0.2) is 0 Å². The smallest absolute Gasteiger partial charge is 0.160 e. The molecule has 0 saturated carbocycles. The van der Waals surface area contributed by atoms with Crippen molar-refractivity contribution in [1.29, 1.82) is 0 Å². The van der Waals surface area contributed by atoms with Crippen molar-refractivity contribution >= 4 is 28.5 Å². The molecule has 1 fully saturated rings. The summed E-state index contributed by atoms with van der Waals surface area (Å²) >= 11 is 8.21. The van der Waals surface area contributed by atoms with Crippen LogP contribution >= 0.6 is 23.4 Å². The van der Waals surface area contributed by atoms with Crippen LogP contribution in [0.15, 0.2) is 53.7 Å². The second-order valence-electron chi connectivity index (χ2n) is 8.11. The van der Waals surface area contributed by atoms with Gasteiger partial charge < -0.3 is 14.2 Å². The van der Waals surface area contributed by atoms with Crippen molar-refractivity contribution < 1.29 is 4.74 Å². The second-order valence-corrected chi connectivity index (χ2v) is 9.96. The van der Waals surface area contributed by atoms with Gasteiger partial charge in [-0.05, 0) is 55.8 Å². The van der Waals surface area contributed by atoms with Crippen molar-refractivity contribution in [2.75, 3.05) is 13.7 Å². The highest BCUT2D eigenvalue weighted by atomic mass is 35.5. The lowest BCUT2D eigenvalue weighted by Crippen LogP contribution is -2.28. The summed E-state index contributed by atoms with van der Waals surface area (Å²) in [5.74, 6) is 0.799. The number of benzene rings is 1. The summed E-state index contributed by atoms with van der Waals surface area (Å²) in [5.41, 5.74) is 5.54. The van der Waals surface area contributed by atoms with E-state index in [1.807, 2.05) is 48.3 Å².